The van der Waals surface area contributed by atoms with Crippen molar-refractivity contribution >= 4 is 23.4 Å². The highest BCUT2D eigenvalue weighted by Gasteiger charge is 2.30. The molecule has 0 fully saturated rings. The Kier molecular flexibility index (Phi) is 8.81. The second-order valence-corrected chi connectivity index (χ2v) is 9.03. The SMILES string of the molecule is CO[C@H]1CN(C)C(=O)c2ccc(NC(C)=O)cc2OC[C@H](C)N(C(=O)Cc2ccccn2)C[C@H]1C. The number of carbonyl (C=O) groups is 3. The Morgan fingerprint density at radius 1 is 1.20 bits per heavy atom. The molecule has 1 aromatic carbocycles. The molecule has 3 rings (SSSR count). The second kappa shape index (κ2) is 11.8. The van der Waals surface area contributed by atoms with E-state index in [1.165, 1.54) is 6.92 Å². The molecule has 3 atom stereocenters. The minimum Gasteiger partial charge on any atom is -0.491 e. The molecular formula is C26H34N4O5. The van der Waals surface area contributed by atoms with Gasteiger partial charge < -0.3 is 24.6 Å². The fraction of sp³-hybridized carbons (Fsp3) is 0.462. The number of benzene rings is 1. The van der Waals surface area contributed by atoms with Crippen LogP contribution in [0.15, 0.2) is 42.6 Å². The Balaban J connectivity index is 1.94. The summed E-state index contributed by atoms with van der Waals surface area (Å²) in [6.07, 6.45) is 1.58. The topological polar surface area (TPSA) is 101 Å². The molecule has 1 aromatic heterocycles. The number of amides is 3. The zero-order valence-corrected chi connectivity index (χ0v) is 21.0. The van der Waals surface area contributed by atoms with Crippen LogP contribution in [-0.2, 0) is 20.7 Å². The van der Waals surface area contributed by atoms with Gasteiger partial charge in [-0.15, -0.1) is 0 Å². The lowest BCUT2D eigenvalue weighted by molar-refractivity contribution is -0.134. The van der Waals surface area contributed by atoms with Crippen molar-refractivity contribution in [2.45, 2.75) is 39.3 Å². The van der Waals surface area contributed by atoms with Crippen LogP contribution in [0.4, 0.5) is 5.69 Å². The molecule has 2 aromatic rings. The van der Waals surface area contributed by atoms with Gasteiger partial charge >= 0.3 is 0 Å². The number of methoxy groups -OCH3 is 1. The first kappa shape index (κ1) is 26.2. The van der Waals surface area contributed by atoms with Crippen LogP contribution < -0.4 is 10.1 Å². The van der Waals surface area contributed by atoms with E-state index in [1.807, 2.05) is 32.0 Å². The molecule has 3 amide bonds. The van der Waals surface area contributed by atoms with Gasteiger partial charge in [-0.05, 0) is 31.2 Å². The molecule has 35 heavy (non-hydrogen) atoms. The van der Waals surface area contributed by atoms with E-state index >= 15 is 0 Å². The summed E-state index contributed by atoms with van der Waals surface area (Å²) in [7, 11) is 3.33. The summed E-state index contributed by atoms with van der Waals surface area (Å²) in [6.45, 7) is 6.31. The van der Waals surface area contributed by atoms with E-state index < -0.39 is 0 Å². The lowest BCUT2D eigenvalue weighted by Crippen LogP contribution is -2.49. The Morgan fingerprint density at radius 3 is 2.63 bits per heavy atom. The molecule has 1 aliphatic heterocycles. The quantitative estimate of drug-likeness (QED) is 0.719. The standard InChI is InChI=1S/C26H34N4O5/c1-17-14-30(25(32)13-20-8-6-7-11-27-20)18(2)16-35-23-12-21(28-19(3)31)9-10-22(23)26(33)29(4)15-24(17)34-5/h6-12,17-18,24H,13-16H2,1-5H3,(H,28,31)/t17-,18+,24+/m1/s1. The summed E-state index contributed by atoms with van der Waals surface area (Å²) in [5, 5.41) is 2.72. The Hall–Kier alpha value is -3.46. The lowest BCUT2D eigenvalue weighted by Gasteiger charge is -2.36. The highest BCUT2D eigenvalue weighted by molar-refractivity contribution is 5.98. The van der Waals surface area contributed by atoms with Crippen LogP contribution in [-0.4, -0.2) is 78.5 Å². The van der Waals surface area contributed by atoms with Crippen LogP contribution in [0, 0.1) is 5.92 Å². The number of carbonyl (C=O) groups excluding carboxylic acids is 3. The number of pyridine rings is 1. The van der Waals surface area contributed by atoms with E-state index in [-0.39, 0.29) is 48.8 Å². The fourth-order valence-electron chi connectivity index (χ4n) is 4.16. The Labute approximate surface area is 206 Å². The van der Waals surface area contributed by atoms with Crippen LogP contribution in [0.25, 0.3) is 0 Å². The maximum Gasteiger partial charge on any atom is 0.257 e. The van der Waals surface area contributed by atoms with E-state index in [0.717, 1.165) is 0 Å². The first-order valence-electron chi connectivity index (χ1n) is 11.7. The van der Waals surface area contributed by atoms with Gasteiger partial charge in [-0.3, -0.25) is 19.4 Å². The minimum absolute atomic E-state index is 0.0357. The lowest BCUT2D eigenvalue weighted by atomic mass is 10.0. The number of anilines is 1. The summed E-state index contributed by atoms with van der Waals surface area (Å²) in [4.78, 5) is 45.8. The number of fused-ring (bicyclic) bond motifs is 1. The highest BCUT2D eigenvalue weighted by Crippen LogP contribution is 2.27. The molecule has 0 aliphatic carbocycles. The zero-order valence-electron chi connectivity index (χ0n) is 21.0. The first-order chi connectivity index (χ1) is 16.7. The van der Waals surface area contributed by atoms with Gasteiger partial charge in [-0.25, -0.2) is 0 Å². The second-order valence-electron chi connectivity index (χ2n) is 9.03. The third-order valence-corrected chi connectivity index (χ3v) is 6.15. The summed E-state index contributed by atoms with van der Waals surface area (Å²) in [6, 6.07) is 10.2. The molecule has 1 N–H and O–H groups in total. The van der Waals surface area contributed by atoms with Crippen molar-refractivity contribution in [2.75, 3.05) is 39.2 Å². The number of hydrogen-bond acceptors (Lipinski definition) is 6. The van der Waals surface area contributed by atoms with E-state index in [1.54, 1.807) is 48.4 Å². The fourth-order valence-corrected chi connectivity index (χ4v) is 4.16. The Bertz CT molecular complexity index is 1050. The van der Waals surface area contributed by atoms with Crippen LogP contribution in [0.1, 0.15) is 36.8 Å². The molecule has 0 bridgehead atoms. The first-order valence-corrected chi connectivity index (χ1v) is 11.7. The molecule has 1 aliphatic rings. The van der Waals surface area contributed by atoms with Crippen molar-refractivity contribution in [1.82, 2.24) is 14.8 Å². The smallest absolute Gasteiger partial charge is 0.257 e. The predicted octanol–water partition coefficient (Wildman–Crippen LogP) is 2.62. The average molecular weight is 483 g/mol. The number of likely N-dealkylation sites (N-methyl/N-ethyl adjacent to an activating group) is 1. The monoisotopic (exact) mass is 482 g/mol. The molecule has 9 nitrogen and oxygen atoms in total. The average Bonchev–Trinajstić information content (AvgIpc) is 2.83. The molecule has 0 radical (unpaired) electrons. The largest absolute Gasteiger partial charge is 0.491 e. The van der Waals surface area contributed by atoms with E-state index in [2.05, 4.69) is 10.3 Å². The number of hydrogen-bond donors (Lipinski definition) is 1. The van der Waals surface area contributed by atoms with Crippen molar-refractivity contribution in [3.63, 3.8) is 0 Å². The van der Waals surface area contributed by atoms with E-state index in [0.29, 0.717) is 35.8 Å². The third kappa shape index (κ3) is 6.79. The summed E-state index contributed by atoms with van der Waals surface area (Å²) < 4.78 is 11.8. The van der Waals surface area contributed by atoms with Gasteiger partial charge in [0.15, 0.2) is 0 Å². The van der Waals surface area contributed by atoms with E-state index in [4.69, 9.17) is 9.47 Å². The molecule has 188 valence electrons. The summed E-state index contributed by atoms with van der Waals surface area (Å²) in [5.41, 5.74) is 1.60. The van der Waals surface area contributed by atoms with Crippen molar-refractivity contribution in [1.29, 1.82) is 0 Å². The van der Waals surface area contributed by atoms with E-state index in [9.17, 15) is 14.4 Å². The highest BCUT2D eigenvalue weighted by atomic mass is 16.5. The molecule has 9 heteroatoms. The molecule has 0 saturated carbocycles. The van der Waals surface area contributed by atoms with Crippen LogP contribution in [0.3, 0.4) is 0 Å². The van der Waals surface area contributed by atoms with Crippen molar-refractivity contribution in [3.8, 4) is 5.75 Å². The maximum absolute atomic E-state index is 13.4. The van der Waals surface area contributed by atoms with Crippen LogP contribution in [0.2, 0.25) is 0 Å². The van der Waals surface area contributed by atoms with Crippen molar-refractivity contribution in [3.05, 3.63) is 53.9 Å². The molecule has 0 saturated heterocycles. The predicted molar refractivity (Wildman–Crippen MR) is 132 cm³/mol. The summed E-state index contributed by atoms with van der Waals surface area (Å²) >= 11 is 0. The number of rotatable bonds is 4. The molecular weight excluding hydrogens is 448 g/mol. The maximum atomic E-state index is 13.4. The third-order valence-electron chi connectivity index (χ3n) is 6.15. The Morgan fingerprint density at radius 2 is 1.97 bits per heavy atom. The number of nitrogens with zero attached hydrogens (tertiary/aromatic N) is 3. The van der Waals surface area contributed by atoms with Gasteiger partial charge in [0.05, 0.1) is 24.1 Å². The minimum atomic E-state index is -0.282. The van der Waals surface area contributed by atoms with Crippen molar-refractivity contribution < 1.29 is 23.9 Å². The van der Waals surface area contributed by atoms with Gasteiger partial charge in [0.2, 0.25) is 11.8 Å². The molecule has 0 unspecified atom stereocenters. The number of nitrogens with one attached hydrogen (secondary N) is 1. The van der Waals surface area contributed by atoms with Gasteiger partial charge in [0, 0.05) is 63.7 Å². The van der Waals surface area contributed by atoms with Gasteiger partial charge in [0.25, 0.3) is 5.91 Å². The zero-order chi connectivity index (χ0) is 25.5. The number of aromatic nitrogens is 1. The molecule has 2 heterocycles. The van der Waals surface area contributed by atoms with Crippen LogP contribution >= 0.6 is 0 Å². The number of ether oxygens (including phenoxy) is 2. The van der Waals surface area contributed by atoms with Crippen molar-refractivity contribution in [2.24, 2.45) is 5.92 Å². The molecule has 0 spiro atoms. The normalized spacial score (nSPS) is 21.3. The summed E-state index contributed by atoms with van der Waals surface area (Å²) in [5.74, 6) is -0.181. The van der Waals surface area contributed by atoms with Crippen LogP contribution in [0.5, 0.6) is 5.75 Å². The van der Waals surface area contributed by atoms with Gasteiger partial charge in [0.1, 0.15) is 12.4 Å². The van der Waals surface area contributed by atoms with Gasteiger partial charge in [-0.2, -0.15) is 0 Å². The van der Waals surface area contributed by atoms with Gasteiger partial charge in [-0.1, -0.05) is 13.0 Å².